The molecule has 2 rings (SSSR count). The van der Waals surface area contributed by atoms with E-state index in [1.165, 1.54) is 11.8 Å². The molecule has 1 aromatic rings. The Kier molecular flexibility index (Phi) is 3.38. The molecule has 0 saturated carbocycles. The van der Waals surface area contributed by atoms with Gasteiger partial charge in [-0.1, -0.05) is 6.07 Å². The number of nitrogens with one attached hydrogen (secondary N) is 1. The van der Waals surface area contributed by atoms with Gasteiger partial charge >= 0.3 is 0 Å². The summed E-state index contributed by atoms with van der Waals surface area (Å²) in [6.07, 6.45) is 4.43. The summed E-state index contributed by atoms with van der Waals surface area (Å²) in [7, 11) is 0. The summed E-state index contributed by atoms with van der Waals surface area (Å²) in [4.78, 5) is 4.30. The molecular formula is C11H16N4O. The van der Waals surface area contributed by atoms with Gasteiger partial charge in [0.2, 0.25) is 0 Å². The SMILES string of the molecule is NN/C=C(\N)c1ccc(C2CCOC2)cn1. The van der Waals surface area contributed by atoms with Crippen molar-refractivity contribution in [3.8, 4) is 0 Å². The van der Waals surface area contributed by atoms with Crippen LogP contribution in [-0.4, -0.2) is 18.2 Å². The molecule has 1 aliphatic rings. The summed E-state index contributed by atoms with van der Waals surface area (Å²) in [6.45, 7) is 1.63. The lowest BCUT2D eigenvalue weighted by Gasteiger charge is -2.08. The highest BCUT2D eigenvalue weighted by Gasteiger charge is 2.17. The van der Waals surface area contributed by atoms with E-state index < -0.39 is 0 Å². The molecule has 1 saturated heterocycles. The van der Waals surface area contributed by atoms with E-state index >= 15 is 0 Å². The lowest BCUT2D eigenvalue weighted by Crippen LogP contribution is -2.16. The van der Waals surface area contributed by atoms with E-state index in [-0.39, 0.29) is 0 Å². The minimum Gasteiger partial charge on any atom is -0.396 e. The Labute approximate surface area is 94.5 Å². The molecule has 0 radical (unpaired) electrons. The molecule has 1 aliphatic heterocycles. The van der Waals surface area contributed by atoms with Crippen molar-refractivity contribution in [2.24, 2.45) is 11.6 Å². The normalized spacial score (nSPS) is 21.1. The topological polar surface area (TPSA) is 86.2 Å². The van der Waals surface area contributed by atoms with Crippen LogP contribution >= 0.6 is 0 Å². The van der Waals surface area contributed by atoms with E-state index in [0.717, 1.165) is 25.3 Å². The number of rotatable bonds is 3. The Hall–Kier alpha value is -1.59. The van der Waals surface area contributed by atoms with Gasteiger partial charge in [0.15, 0.2) is 0 Å². The summed E-state index contributed by atoms with van der Waals surface area (Å²) in [5.74, 6) is 5.62. The van der Waals surface area contributed by atoms with Crippen LogP contribution in [-0.2, 0) is 4.74 Å². The maximum atomic E-state index is 5.74. The molecule has 0 aliphatic carbocycles. The first-order valence-corrected chi connectivity index (χ1v) is 5.27. The maximum absolute atomic E-state index is 5.74. The van der Waals surface area contributed by atoms with Crippen LogP contribution in [0.5, 0.6) is 0 Å². The number of hydrogen-bond acceptors (Lipinski definition) is 5. The zero-order valence-corrected chi connectivity index (χ0v) is 9.02. The van der Waals surface area contributed by atoms with E-state index in [4.69, 9.17) is 16.3 Å². The van der Waals surface area contributed by atoms with Crippen molar-refractivity contribution in [1.29, 1.82) is 0 Å². The average molecular weight is 220 g/mol. The van der Waals surface area contributed by atoms with Gasteiger partial charge in [-0.05, 0) is 18.1 Å². The molecule has 1 atom stereocenters. The van der Waals surface area contributed by atoms with Crippen molar-refractivity contribution in [3.63, 3.8) is 0 Å². The van der Waals surface area contributed by atoms with Gasteiger partial charge in [-0.25, -0.2) is 0 Å². The van der Waals surface area contributed by atoms with Crippen molar-refractivity contribution >= 4 is 5.70 Å². The van der Waals surface area contributed by atoms with Gasteiger partial charge in [0.05, 0.1) is 18.0 Å². The second kappa shape index (κ2) is 4.96. The highest BCUT2D eigenvalue weighted by atomic mass is 16.5. The summed E-state index contributed by atoms with van der Waals surface area (Å²) in [6, 6.07) is 3.94. The van der Waals surface area contributed by atoms with Gasteiger partial charge in [-0.15, -0.1) is 0 Å². The van der Waals surface area contributed by atoms with Gasteiger partial charge < -0.3 is 15.9 Å². The molecule has 2 heterocycles. The molecule has 1 unspecified atom stereocenters. The fourth-order valence-electron chi connectivity index (χ4n) is 1.78. The Morgan fingerprint density at radius 3 is 3.00 bits per heavy atom. The number of hydrazine groups is 1. The van der Waals surface area contributed by atoms with Crippen LogP contribution in [0.25, 0.3) is 5.70 Å². The Morgan fingerprint density at radius 1 is 1.56 bits per heavy atom. The molecule has 86 valence electrons. The molecule has 5 heteroatoms. The van der Waals surface area contributed by atoms with E-state index in [0.29, 0.717) is 11.6 Å². The van der Waals surface area contributed by atoms with Crippen LogP contribution < -0.4 is 17.0 Å². The van der Waals surface area contributed by atoms with Gasteiger partial charge in [-0.2, -0.15) is 0 Å². The number of hydrogen-bond donors (Lipinski definition) is 3. The third-order valence-electron chi connectivity index (χ3n) is 2.72. The van der Waals surface area contributed by atoms with Crippen LogP contribution in [0.4, 0.5) is 0 Å². The molecular weight excluding hydrogens is 204 g/mol. The highest BCUT2D eigenvalue weighted by molar-refractivity contribution is 5.58. The summed E-state index contributed by atoms with van der Waals surface area (Å²) in [5.41, 5.74) is 10.6. The number of aromatic nitrogens is 1. The van der Waals surface area contributed by atoms with E-state index in [2.05, 4.69) is 10.4 Å². The standard InChI is InChI=1S/C11H16N4O/c12-10(6-15-13)11-2-1-8(5-14-11)9-3-4-16-7-9/h1-2,5-6,9,15H,3-4,7,12-13H2/b10-6-. The monoisotopic (exact) mass is 220 g/mol. The van der Waals surface area contributed by atoms with Gasteiger partial charge in [-0.3, -0.25) is 10.8 Å². The van der Waals surface area contributed by atoms with Crippen molar-refractivity contribution < 1.29 is 4.74 Å². The average Bonchev–Trinajstić information content (AvgIpc) is 2.83. The zero-order valence-electron chi connectivity index (χ0n) is 9.02. The Morgan fingerprint density at radius 2 is 2.44 bits per heavy atom. The summed E-state index contributed by atoms with van der Waals surface area (Å²) in [5, 5.41) is 0. The maximum Gasteiger partial charge on any atom is 0.0874 e. The minimum absolute atomic E-state index is 0.472. The number of nitrogens with zero attached hydrogens (tertiary/aromatic N) is 1. The van der Waals surface area contributed by atoms with Crippen LogP contribution in [0.2, 0.25) is 0 Å². The Bertz CT molecular complexity index is 368. The number of nitrogens with two attached hydrogens (primary N) is 2. The van der Waals surface area contributed by atoms with Crippen LogP contribution in [0.15, 0.2) is 24.5 Å². The molecule has 0 amide bonds. The van der Waals surface area contributed by atoms with Crippen molar-refractivity contribution in [2.75, 3.05) is 13.2 Å². The van der Waals surface area contributed by atoms with E-state index in [1.807, 2.05) is 18.3 Å². The molecule has 0 spiro atoms. The summed E-state index contributed by atoms with van der Waals surface area (Å²) >= 11 is 0. The van der Waals surface area contributed by atoms with Gasteiger partial charge in [0.25, 0.3) is 0 Å². The van der Waals surface area contributed by atoms with E-state index in [1.54, 1.807) is 0 Å². The van der Waals surface area contributed by atoms with Crippen LogP contribution in [0, 0.1) is 0 Å². The lowest BCUT2D eigenvalue weighted by atomic mass is 10.0. The van der Waals surface area contributed by atoms with Crippen molar-refractivity contribution in [2.45, 2.75) is 12.3 Å². The third kappa shape index (κ3) is 2.32. The smallest absolute Gasteiger partial charge is 0.0874 e. The Balaban J connectivity index is 2.12. The largest absolute Gasteiger partial charge is 0.396 e. The molecule has 16 heavy (non-hydrogen) atoms. The zero-order chi connectivity index (χ0) is 11.4. The van der Waals surface area contributed by atoms with Gasteiger partial charge in [0.1, 0.15) is 0 Å². The van der Waals surface area contributed by atoms with Gasteiger partial charge in [0, 0.05) is 24.9 Å². The third-order valence-corrected chi connectivity index (χ3v) is 2.72. The number of ether oxygens (including phenoxy) is 1. The van der Waals surface area contributed by atoms with Crippen LogP contribution in [0.1, 0.15) is 23.6 Å². The van der Waals surface area contributed by atoms with Crippen molar-refractivity contribution in [3.05, 3.63) is 35.8 Å². The second-order valence-corrected chi connectivity index (χ2v) is 3.80. The van der Waals surface area contributed by atoms with E-state index in [9.17, 15) is 0 Å². The second-order valence-electron chi connectivity index (χ2n) is 3.80. The van der Waals surface area contributed by atoms with Crippen molar-refractivity contribution in [1.82, 2.24) is 10.4 Å². The predicted octanol–water partition coefficient (Wildman–Crippen LogP) is 0.306. The molecule has 5 nitrogen and oxygen atoms in total. The molecule has 1 aromatic heterocycles. The van der Waals surface area contributed by atoms with Crippen LogP contribution in [0.3, 0.4) is 0 Å². The predicted molar refractivity (Wildman–Crippen MR) is 61.9 cm³/mol. The first-order chi connectivity index (χ1) is 7.81. The first-order valence-electron chi connectivity index (χ1n) is 5.27. The molecule has 5 N–H and O–H groups in total. The minimum atomic E-state index is 0.472. The number of pyridine rings is 1. The lowest BCUT2D eigenvalue weighted by molar-refractivity contribution is 0.194. The highest BCUT2D eigenvalue weighted by Crippen LogP contribution is 2.24. The fraction of sp³-hybridized carbons (Fsp3) is 0.364. The molecule has 0 bridgehead atoms. The first kappa shape index (κ1) is 10.9. The summed E-state index contributed by atoms with van der Waals surface area (Å²) < 4.78 is 5.34. The fourth-order valence-corrected chi connectivity index (χ4v) is 1.78. The molecule has 1 fully saturated rings. The quantitative estimate of drug-likeness (QED) is 0.504. The molecule has 0 aromatic carbocycles.